The van der Waals surface area contributed by atoms with E-state index in [9.17, 15) is 14.4 Å². The number of rotatable bonds is 5. The van der Waals surface area contributed by atoms with E-state index in [1.807, 2.05) is 0 Å². The molecule has 0 aromatic heterocycles. The van der Waals surface area contributed by atoms with Crippen LogP contribution in [0.1, 0.15) is 19.8 Å². The Labute approximate surface area is 103 Å². The van der Waals surface area contributed by atoms with Crippen LogP contribution in [0.3, 0.4) is 0 Å². The number of carbonyl (C=O) groups excluding carboxylic acids is 1. The second kappa shape index (κ2) is 7.78. The molecule has 6 nitrogen and oxygen atoms in total. The summed E-state index contributed by atoms with van der Waals surface area (Å²) in [6, 6.07) is -1.12. The van der Waals surface area contributed by atoms with Crippen LogP contribution in [0, 0.1) is 0 Å². The van der Waals surface area contributed by atoms with E-state index in [1.54, 1.807) is 0 Å². The first-order chi connectivity index (χ1) is 5.93. The first-order valence-corrected chi connectivity index (χ1v) is 3.65. The number of amides is 1. The van der Waals surface area contributed by atoms with E-state index in [0.717, 1.165) is 0 Å². The van der Waals surface area contributed by atoms with Crippen LogP contribution in [0.4, 0.5) is 0 Å². The molecule has 0 aliphatic carbocycles. The zero-order valence-electron chi connectivity index (χ0n) is 8.11. The van der Waals surface area contributed by atoms with Crippen molar-refractivity contribution in [3.05, 3.63) is 0 Å². The zero-order chi connectivity index (χ0) is 10.4. The maximum Gasteiger partial charge on any atom is 0.326 e. The van der Waals surface area contributed by atoms with Crippen LogP contribution in [0.25, 0.3) is 0 Å². The minimum atomic E-state index is -1.23. The van der Waals surface area contributed by atoms with Crippen molar-refractivity contribution in [3.63, 3.8) is 0 Å². The van der Waals surface area contributed by atoms with Crippen molar-refractivity contribution in [2.24, 2.45) is 0 Å². The van der Waals surface area contributed by atoms with Crippen LogP contribution in [0.2, 0.25) is 0 Å². The van der Waals surface area contributed by atoms with Crippen LogP contribution >= 0.6 is 0 Å². The number of nitrogens with one attached hydrogen (secondary N) is 1. The summed E-state index contributed by atoms with van der Waals surface area (Å²) in [6.07, 6.45) is -0.387. The standard InChI is InChI=1S/C7H11NO5.Na/c1-4(9)8-5(7(12)13)2-3-6(10)11;/h5H,2-3H2,1H3,(H,8,9)(H,10,11)(H,12,13);/t5-;/m0./s1. The quantitative estimate of drug-likeness (QED) is 0.510. The predicted octanol–water partition coefficient (Wildman–Crippen LogP) is -0.940. The number of hydrogen-bond donors (Lipinski definition) is 3. The van der Waals surface area contributed by atoms with Gasteiger partial charge in [-0.05, 0) is 6.42 Å². The molecule has 0 heterocycles. The van der Waals surface area contributed by atoms with Gasteiger partial charge in [0.1, 0.15) is 6.04 Å². The van der Waals surface area contributed by atoms with Gasteiger partial charge in [0.15, 0.2) is 0 Å². The minimum Gasteiger partial charge on any atom is -0.481 e. The molecule has 1 atom stereocenters. The van der Waals surface area contributed by atoms with Crippen molar-refractivity contribution in [2.75, 3.05) is 0 Å². The van der Waals surface area contributed by atoms with Crippen molar-refractivity contribution >= 4 is 47.4 Å². The Bertz CT molecular complexity index is 230. The van der Waals surface area contributed by atoms with Gasteiger partial charge in [0.25, 0.3) is 0 Å². The number of carboxylic acids is 2. The van der Waals surface area contributed by atoms with Gasteiger partial charge < -0.3 is 15.5 Å². The van der Waals surface area contributed by atoms with Gasteiger partial charge in [-0.2, -0.15) is 0 Å². The summed E-state index contributed by atoms with van der Waals surface area (Å²) in [4.78, 5) is 31.0. The molecule has 1 radical (unpaired) electrons. The predicted molar refractivity (Wildman–Crippen MR) is 47.9 cm³/mol. The van der Waals surface area contributed by atoms with Gasteiger partial charge in [0.2, 0.25) is 5.91 Å². The molecule has 1 amide bonds. The monoisotopic (exact) mass is 212 g/mol. The minimum absolute atomic E-state index is 0. The van der Waals surface area contributed by atoms with E-state index in [-0.39, 0.29) is 42.4 Å². The number of hydrogen-bond acceptors (Lipinski definition) is 3. The molecule has 0 fully saturated rings. The van der Waals surface area contributed by atoms with Crippen LogP contribution in [-0.2, 0) is 14.4 Å². The smallest absolute Gasteiger partial charge is 0.326 e. The summed E-state index contributed by atoms with van der Waals surface area (Å²) in [6.45, 7) is 1.18. The van der Waals surface area contributed by atoms with Crippen molar-refractivity contribution in [1.82, 2.24) is 5.32 Å². The van der Waals surface area contributed by atoms with E-state index in [4.69, 9.17) is 10.2 Å². The molecule has 0 bridgehead atoms. The molecule has 7 heteroatoms. The Morgan fingerprint density at radius 2 is 1.79 bits per heavy atom. The second-order valence-electron chi connectivity index (χ2n) is 2.52. The van der Waals surface area contributed by atoms with Crippen molar-refractivity contribution < 1.29 is 24.6 Å². The SMILES string of the molecule is CC(=O)N[C@@H](CCC(=O)O)C(=O)O.[Na]. The van der Waals surface area contributed by atoms with Crippen molar-refractivity contribution in [3.8, 4) is 0 Å². The number of aliphatic carboxylic acids is 2. The molecular formula is C7H11NNaO5. The zero-order valence-corrected chi connectivity index (χ0v) is 10.1. The summed E-state index contributed by atoms with van der Waals surface area (Å²) >= 11 is 0. The molecule has 0 aliphatic rings. The topological polar surface area (TPSA) is 104 Å². The average molecular weight is 212 g/mol. The van der Waals surface area contributed by atoms with Gasteiger partial charge in [-0.1, -0.05) is 0 Å². The van der Waals surface area contributed by atoms with Gasteiger partial charge >= 0.3 is 11.9 Å². The Morgan fingerprint density at radius 3 is 2.07 bits per heavy atom. The van der Waals surface area contributed by atoms with Crippen LogP contribution in [0.5, 0.6) is 0 Å². The third-order valence-corrected chi connectivity index (χ3v) is 1.32. The van der Waals surface area contributed by atoms with Crippen molar-refractivity contribution in [2.45, 2.75) is 25.8 Å². The Kier molecular flexibility index (Phi) is 8.82. The van der Waals surface area contributed by atoms with E-state index < -0.39 is 23.9 Å². The summed E-state index contributed by atoms with van der Waals surface area (Å²) < 4.78 is 0. The second-order valence-corrected chi connectivity index (χ2v) is 2.52. The first-order valence-electron chi connectivity index (χ1n) is 3.65. The summed E-state index contributed by atoms with van der Waals surface area (Å²) in [5, 5.41) is 18.9. The molecule has 14 heavy (non-hydrogen) atoms. The summed E-state index contributed by atoms with van der Waals surface area (Å²) in [5.41, 5.74) is 0. The van der Waals surface area contributed by atoms with Crippen molar-refractivity contribution in [1.29, 1.82) is 0 Å². The first kappa shape index (κ1) is 15.9. The van der Waals surface area contributed by atoms with Crippen LogP contribution < -0.4 is 5.32 Å². The third kappa shape index (κ3) is 8.03. The third-order valence-electron chi connectivity index (χ3n) is 1.32. The Balaban J connectivity index is 0. The molecule has 0 spiro atoms. The normalized spacial score (nSPS) is 10.9. The maximum absolute atomic E-state index is 10.5. The largest absolute Gasteiger partial charge is 0.481 e. The Hall–Kier alpha value is -0.590. The van der Waals surface area contributed by atoms with E-state index in [1.165, 1.54) is 6.92 Å². The summed E-state index contributed by atoms with van der Waals surface area (Å²) in [7, 11) is 0. The molecule has 0 saturated carbocycles. The fraction of sp³-hybridized carbons (Fsp3) is 0.571. The number of carboxylic acid groups (broad SMARTS) is 2. The molecule has 0 saturated heterocycles. The summed E-state index contributed by atoms with van der Waals surface area (Å²) in [5.74, 6) is -2.80. The van der Waals surface area contributed by atoms with E-state index in [0.29, 0.717) is 0 Å². The van der Waals surface area contributed by atoms with Gasteiger partial charge in [-0.25, -0.2) is 4.79 Å². The molecule has 0 aromatic rings. The molecule has 0 aromatic carbocycles. The average Bonchev–Trinajstić information content (AvgIpc) is 1.96. The van der Waals surface area contributed by atoms with Gasteiger partial charge in [-0.3, -0.25) is 9.59 Å². The molecule has 0 aliphatic heterocycles. The molecule has 75 valence electrons. The Morgan fingerprint density at radius 1 is 1.29 bits per heavy atom. The van der Waals surface area contributed by atoms with Gasteiger partial charge in [0, 0.05) is 42.9 Å². The van der Waals surface area contributed by atoms with Gasteiger partial charge in [-0.15, -0.1) is 0 Å². The maximum atomic E-state index is 10.5. The van der Waals surface area contributed by atoms with Gasteiger partial charge in [0.05, 0.1) is 0 Å². The molecule has 3 N–H and O–H groups in total. The van der Waals surface area contributed by atoms with E-state index >= 15 is 0 Å². The number of carbonyl (C=O) groups is 3. The van der Waals surface area contributed by atoms with Crippen LogP contribution in [0.15, 0.2) is 0 Å². The van der Waals surface area contributed by atoms with E-state index in [2.05, 4.69) is 5.32 Å². The fourth-order valence-corrected chi connectivity index (χ4v) is 0.771. The molecular weight excluding hydrogens is 201 g/mol. The molecule has 0 unspecified atom stereocenters. The molecule has 0 rings (SSSR count). The fourth-order valence-electron chi connectivity index (χ4n) is 0.771. The van der Waals surface area contributed by atoms with Crippen LogP contribution in [-0.4, -0.2) is 63.7 Å².